The van der Waals surface area contributed by atoms with E-state index >= 15 is 0 Å². The second-order valence-electron chi connectivity index (χ2n) is 5.49. The lowest BCUT2D eigenvalue weighted by Gasteiger charge is -2.40. The van der Waals surface area contributed by atoms with Crippen LogP contribution in [0.25, 0.3) is 0 Å². The van der Waals surface area contributed by atoms with Crippen LogP contribution in [0.5, 0.6) is 0 Å². The predicted molar refractivity (Wildman–Crippen MR) is 85.5 cm³/mol. The van der Waals surface area contributed by atoms with Crippen molar-refractivity contribution < 1.29 is 0 Å². The van der Waals surface area contributed by atoms with Gasteiger partial charge in [-0.05, 0) is 18.9 Å². The molecule has 0 amide bonds. The summed E-state index contributed by atoms with van der Waals surface area (Å²) in [5.41, 5.74) is 1.42. The van der Waals surface area contributed by atoms with Crippen LogP contribution < -0.4 is 5.32 Å². The Morgan fingerprint density at radius 1 is 1.30 bits per heavy atom. The third kappa shape index (κ3) is 4.10. The van der Waals surface area contributed by atoms with Gasteiger partial charge < -0.3 is 5.32 Å². The first-order valence-corrected chi connectivity index (χ1v) is 7.77. The molecule has 1 aliphatic heterocycles. The Morgan fingerprint density at radius 2 is 2.10 bits per heavy atom. The topological polar surface area (TPSA) is 15.3 Å². The molecule has 2 heteroatoms. The van der Waals surface area contributed by atoms with Crippen LogP contribution in [-0.4, -0.2) is 30.6 Å². The largest absolute Gasteiger partial charge is 0.311 e. The fourth-order valence-electron chi connectivity index (χ4n) is 3.00. The average molecular weight is 270 g/mol. The average Bonchev–Trinajstić information content (AvgIpc) is 2.49. The zero-order chi connectivity index (χ0) is 14.2. The van der Waals surface area contributed by atoms with Gasteiger partial charge in [-0.25, -0.2) is 0 Å². The van der Waals surface area contributed by atoms with Crippen molar-refractivity contribution in [3.63, 3.8) is 0 Å². The molecule has 0 saturated carbocycles. The van der Waals surface area contributed by atoms with E-state index in [0.29, 0.717) is 12.1 Å². The summed E-state index contributed by atoms with van der Waals surface area (Å²) in [6.45, 7) is 7.44. The molecule has 2 atom stereocenters. The van der Waals surface area contributed by atoms with Crippen LogP contribution in [0.4, 0.5) is 0 Å². The molecule has 1 heterocycles. The second-order valence-corrected chi connectivity index (χ2v) is 5.49. The van der Waals surface area contributed by atoms with E-state index in [1.807, 2.05) is 6.92 Å². The van der Waals surface area contributed by atoms with Crippen LogP contribution in [0.2, 0.25) is 0 Å². The Hall–Kier alpha value is -1.30. The number of piperazine rings is 1. The number of rotatable bonds is 5. The molecule has 0 aromatic heterocycles. The summed E-state index contributed by atoms with van der Waals surface area (Å²) < 4.78 is 0. The predicted octanol–water partition coefficient (Wildman–Crippen LogP) is 3.22. The lowest BCUT2D eigenvalue weighted by molar-refractivity contribution is 0.129. The first-order chi connectivity index (χ1) is 9.85. The lowest BCUT2D eigenvalue weighted by atomic mass is 9.99. The van der Waals surface area contributed by atoms with E-state index in [0.717, 1.165) is 26.1 Å². The Labute approximate surface area is 123 Å². The molecule has 0 bridgehead atoms. The van der Waals surface area contributed by atoms with E-state index in [1.165, 1.54) is 18.4 Å². The van der Waals surface area contributed by atoms with Crippen molar-refractivity contribution in [1.82, 2.24) is 10.2 Å². The molecule has 0 radical (unpaired) electrons. The molecular weight excluding hydrogens is 244 g/mol. The standard InChI is InChI=1S/C18H26N2/c1-3-5-9-13-20-15-17(10-4-2)19-14-18(20)16-11-7-6-8-12-16/h6-8,11-12,17-19H,4,9-10,13-15H2,1-2H3. The maximum Gasteiger partial charge on any atom is 0.0473 e. The van der Waals surface area contributed by atoms with Crippen LogP contribution in [0, 0.1) is 11.8 Å². The van der Waals surface area contributed by atoms with Gasteiger partial charge in [-0.2, -0.15) is 0 Å². The monoisotopic (exact) mass is 270 g/mol. The van der Waals surface area contributed by atoms with Crippen LogP contribution in [0.15, 0.2) is 30.3 Å². The number of benzene rings is 1. The smallest absolute Gasteiger partial charge is 0.0473 e. The van der Waals surface area contributed by atoms with Crippen molar-refractivity contribution in [3.05, 3.63) is 35.9 Å². The van der Waals surface area contributed by atoms with Crippen molar-refractivity contribution in [3.8, 4) is 11.8 Å². The first-order valence-electron chi connectivity index (χ1n) is 7.77. The lowest BCUT2D eigenvalue weighted by Crippen LogP contribution is -2.52. The van der Waals surface area contributed by atoms with Gasteiger partial charge in [0.05, 0.1) is 0 Å². The summed E-state index contributed by atoms with van der Waals surface area (Å²) >= 11 is 0. The van der Waals surface area contributed by atoms with Gasteiger partial charge in [-0.15, -0.1) is 11.8 Å². The van der Waals surface area contributed by atoms with E-state index in [1.54, 1.807) is 0 Å². The second kappa shape index (κ2) is 8.09. The molecule has 1 aliphatic rings. The molecule has 2 nitrogen and oxygen atoms in total. The van der Waals surface area contributed by atoms with Crippen LogP contribution in [-0.2, 0) is 0 Å². The van der Waals surface area contributed by atoms with Crippen LogP contribution in [0.3, 0.4) is 0 Å². The molecule has 1 fully saturated rings. The molecule has 2 unspecified atom stereocenters. The van der Waals surface area contributed by atoms with Crippen molar-refractivity contribution in [2.75, 3.05) is 19.6 Å². The number of nitrogens with one attached hydrogen (secondary N) is 1. The molecule has 1 saturated heterocycles. The summed E-state index contributed by atoms with van der Waals surface area (Å²) in [7, 11) is 0. The van der Waals surface area contributed by atoms with Gasteiger partial charge >= 0.3 is 0 Å². The van der Waals surface area contributed by atoms with Crippen molar-refractivity contribution in [2.24, 2.45) is 0 Å². The molecule has 108 valence electrons. The molecule has 0 spiro atoms. The van der Waals surface area contributed by atoms with Gasteiger partial charge in [0, 0.05) is 38.1 Å². The van der Waals surface area contributed by atoms with Gasteiger partial charge in [0.15, 0.2) is 0 Å². The third-order valence-electron chi connectivity index (χ3n) is 4.02. The third-order valence-corrected chi connectivity index (χ3v) is 4.02. The number of hydrogen-bond donors (Lipinski definition) is 1. The maximum atomic E-state index is 3.71. The van der Waals surface area contributed by atoms with Crippen molar-refractivity contribution >= 4 is 0 Å². The summed E-state index contributed by atoms with van der Waals surface area (Å²) in [6.07, 6.45) is 3.48. The highest BCUT2D eigenvalue weighted by atomic mass is 15.2. The molecule has 1 aromatic carbocycles. The van der Waals surface area contributed by atoms with Gasteiger partial charge in [-0.1, -0.05) is 43.7 Å². The van der Waals surface area contributed by atoms with E-state index in [4.69, 9.17) is 0 Å². The van der Waals surface area contributed by atoms with E-state index in [-0.39, 0.29) is 0 Å². The minimum Gasteiger partial charge on any atom is -0.311 e. The fourth-order valence-corrected chi connectivity index (χ4v) is 3.00. The SMILES string of the molecule is CC#CCCN1CC(CCC)NCC1c1ccccc1. The highest BCUT2D eigenvalue weighted by Crippen LogP contribution is 2.24. The summed E-state index contributed by atoms with van der Waals surface area (Å²) in [5, 5.41) is 3.71. The number of hydrogen-bond acceptors (Lipinski definition) is 2. The first kappa shape index (κ1) is 15.1. The summed E-state index contributed by atoms with van der Waals surface area (Å²) in [5.74, 6) is 6.21. The Kier molecular flexibility index (Phi) is 6.11. The Bertz CT molecular complexity index is 443. The van der Waals surface area contributed by atoms with Gasteiger partial charge in [0.2, 0.25) is 0 Å². The summed E-state index contributed by atoms with van der Waals surface area (Å²) in [4.78, 5) is 2.61. The molecule has 2 rings (SSSR count). The Balaban J connectivity index is 2.05. The quantitative estimate of drug-likeness (QED) is 0.827. The number of nitrogens with zero attached hydrogens (tertiary/aromatic N) is 1. The Morgan fingerprint density at radius 3 is 2.80 bits per heavy atom. The van der Waals surface area contributed by atoms with E-state index < -0.39 is 0 Å². The fraction of sp³-hybridized carbons (Fsp3) is 0.556. The van der Waals surface area contributed by atoms with Crippen LogP contribution >= 0.6 is 0 Å². The van der Waals surface area contributed by atoms with E-state index in [2.05, 4.69) is 59.3 Å². The molecule has 20 heavy (non-hydrogen) atoms. The van der Waals surface area contributed by atoms with Gasteiger partial charge in [0.25, 0.3) is 0 Å². The zero-order valence-electron chi connectivity index (χ0n) is 12.7. The van der Waals surface area contributed by atoms with Crippen LogP contribution in [0.1, 0.15) is 44.7 Å². The van der Waals surface area contributed by atoms with Gasteiger partial charge in [0.1, 0.15) is 0 Å². The molecular formula is C18H26N2. The normalized spacial score (nSPS) is 23.1. The maximum absolute atomic E-state index is 3.71. The zero-order valence-corrected chi connectivity index (χ0v) is 12.7. The summed E-state index contributed by atoms with van der Waals surface area (Å²) in [6, 6.07) is 12.0. The molecule has 0 aliphatic carbocycles. The molecule has 1 N–H and O–H groups in total. The highest BCUT2D eigenvalue weighted by Gasteiger charge is 2.27. The van der Waals surface area contributed by atoms with E-state index in [9.17, 15) is 0 Å². The van der Waals surface area contributed by atoms with Crippen molar-refractivity contribution in [2.45, 2.75) is 45.2 Å². The van der Waals surface area contributed by atoms with Gasteiger partial charge in [-0.3, -0.25) is 4.90 Å². The highest BCUT2D eigenvalue weighted by molar-refractivity contribution is 5.20. The minimum absolute atomic E-state index is 0.489. The molecule has 1 aromatic rings. The minimum atomic E-state index is 0.489. The van der Waals surface area contributed by atoms with Crippen molar-refractivity contribution in [1.29, 1.82) is 0 Å².